The molecule has 0 spiro atoms. The molecule has 0 fully saturated rings. The summed E-state index contributed by atoms with van der Waals surface area (Å²) < 4.78 is 20.2. The van der Waals surface area contributed by atoms with Gasteiger partial charge in [-0.25, -0.2) is 9.37 Å². The first-order valence-electron chi connectivity index (χ1n) is 9.42. The number of halogens is 1. The number of hydrogen-bond acceptors (Lipinski definition) is 4. The summed E-state index contributed by atoms with van der Waals surface area (Å²) in [4.78, 5) is 30.9. The highest BCUT2D eigenvalue weighted by molar-refractivity contribution is 5.80. The number of methoxy groups -OCH3 is 1. The van der Waals surface area contributed by atoms with Crippen LogP contribution in [0.2, 0.25) is 0 Å². The van der Waals surface area contributed by atoms with Gasteiger partial charge in [0.25, 0.3) is 5.56 Å². The Balaban J connectivity index is 1.58. The monoisotopic (exact) mass is 397 g/mol. The number of carbonyl (C=O) groups is 1. The molecule has 0 saturated heterocycles. The fourth-order valence-electron chi connectivity index (χ4n) is 3.26. The lowest BCUT2D eigenvalue weighted by molar-refractivity contribution is -0.130. The van der Waals surface area contributed by atoms with Gasteiger partial charge in [0.1, 0.15) is 0 Å². The number of fused-ring (bicyclic) bond motifs is 1. The summed E-state index contributed by atoms with van der Waals surface area (Å²) in [7, 11) is 3.09. The molecule has 0 atom stereocenters. The highest BCUT2D eigenvalue weighted by atomic mass is 19.1. The summed E-state index contributed by atoms with van der Waals surface area (Å²) in [5.41, 5.74) is 2.24. The molecular weight excluding hydrogens is 373 g/mol. The van der Waals surface area contributed by atoms with Gasteiger partial charge in [-0.3, -0.25) is 14.2 Å². The van der Waals surface area contributed by atoms with E-state index in [1.165, 1.54) is 24.1 Å². The third kappa shape index (κ3) is 4.62. The Bertz CT molecular complexity index is 1090. The molecule has 0 unspecified atom stereocenters. The van der Waals surface area contributed by atoms with Crippen LogP contribution in [0.25, 0.3) is 10.9 Å². The number of para-hydroxylation sites is 1. The van der Waals surface area contributed by atoms with Crippen molar-refractivity contribution >= 4 is 16.8 Å². The quantitative estimate of drug-likeness (QED) is 0.614. The van der Waals surface area contributed by atoms with Gasteiger partial charge < -0.3 is 9.64 Å². The van der Waals surface area contributed by atoms with Crippen molar-refractivity contribution in [2.75, 3.05) is 14.2 Å². The number of hydrogen-bond donors (Lipinski definition) is 0. The van der Waals surface area contributed by atoms with Crippen LogP contribution in [0.3, 0.4) is 0 Å². The highest BCUT2D eigenvalue weighted by Crippen LogP contribution is 2.18. The standard InChI is InChI=1S/C22H24FN3O3/c1-15-6-4-7-17-21(15)24-14-26(22(17)28)11-5-8-20(27)25(2)13-16-9-10-19(29-3)18(23)12-16/h4,6-7,9-10,12,14H,5,8,11,13H2,1-3H3. The van der Waals surface area contributed by atoms with Crippen LogP contribution in [0.1, 0.15) is 24.0 Å². The zero-order valence-corrected chi connectivity index (χ0v) is 16.8. The van der Waals surface area contributed by atoms with Crippen molar-refractivity contribution in [1.82, 2.24) is 14.5 Å². The Morgan fingerprint density at radius 3 is 2.79 bits per heavy atom. The fourth-order valence-corrected chi connectivity index (χ4v) is 3.26. The summed E-state index contributed by atoms with van der Waals surface area (Å²) in [5, 5.41) is 0.581. The van der Waals surface area contributed by atoms with Gasteiger partial charge in [0.15, 0.2) is 11.6 Å². The van der Waals surface area contributed by atoms with E-state index >= 15 is 0 Å². The number of amides is 1. The number of aromatic nitrogens is 2. The molecule has 1 amide bonds. The maximum absolute atomic E-state index is 13.8. The second-order valence-corrected chi connectivity index (χ2v) is 7.04. The maximum Gasteiger partial charge on any atom is 0.261 e. The van der Waals surface area contributed by atoms with Gasteiger partial charge in [-0.15, -0.1) is 0 Å². The Morgan fingerprint density at radius 2 is 2.07 bits per heavy atom. The third-order valence-electron chi connectivity index (χ3n) is 4.91. The molecule has 0 aliphatic rings. The largest absolute Gasteiger partial charge is 0.494 e. The van der Waals surface area contributed by atoms with Crippen LogP contribution in [0.15, 0.2) is 47.5 Å². The molecule has 152 valence electrons. The molecule has 0 aliphatic heterocycles. The first-order chi connectivity index (χ1) is 13.9. The topological polar surface area (TPSA) is 64.4 Å². The van der Waals surface area contributed by atoms with Gasteiger partial charge in [-0.05, 0) is 42.7 Å². The van der Waals surface area contributed by atoms with Gasteiger partial charge >= 0.3 is 0 Å². The zero-order valence-electron chi connectivity index (χ0n) is 16.8. The van der Waals surface area contributed by atoms with Crippen molar-refractivity contribution in [2.45, 2.75) is 32.9 Å². The minimum Gasteiger partial charge on any atom is -0.494 e. The van der Waals surface area contributed by atoms with Crippen LogP contribution in [0, 0.1) is 12.7 Å². The smallest absolute Gasteiger partial charge is 0.261 e. The minimum absolute atomic E-state index is 0.0705. The number of ether oxygens (including phenoxy) is 1. The second-order valence-electron chi connectivity index (χ2n) is 7.04. The van der Waals surface area contributed by atoms with Crippen molar-refractivity contribution in [1.29, 1.82) is 0 Å². The molecule has 29 heavy (non-hydrogen) atoms. The summed E-state index contributed by atoms with van der Waals surface area (Å²) in [5.74, 6) is -0.351. The van der Waals surface area contributed by atoms with Crippen molar-refractivity contribution < 1.29 is 13.9 Å². The molecule has 1 heterocycles. The van der Waals surface area contributed by atoms with E-state index in [0.717, 1.165) is 5.56 Å². The molecule has 0 saturated carbocycles. The molecule has 2 aromatic carbocycles. The predicted octanol–water partition coefficient (Wildman–Crippen LogP) is 3.29. The van der Waals surface area contributed by atoms with E-state index in [9.17, 15) is 14.0 Å². The molecule has 7 heteroatoms. The lowest BCUT2D eigenvalue weighted by atomic mass is 10.1. The second kappa shape index (κ2) is 8.86. The van der Waals surface area contributed by atoms with Crippen LogP contribution >= 0.6 is 0 Å². The lowest BCUT2D eigenvalue weighted by Crippen LogP contribution is -2.27. The van der Waals surface area contributed by atoms with Crippen LogP contribution in [0.4, 0.5) is 4.39 Å². The molecular formula is C22H24FN3O3. The van der Waals surface area contributed by atoms with Gasteiger partial charge in [0, 0.05) is 26.6 Å². The van der Waals surface area contributed by atoms with E-state index in [1.54, 1.807) is 30.1 Å². The summed E-state index contributed by atoms with van der Waals surface area (Å²) in [6, 6.07) is 10.2. The number of carbonyl (C=O) groups excluding carboxylic acids is 1. The van der Waals surface area contributed by atoms with Crippen LogP contribution in [-0.4, -0.2) is 34.5 Å². The van der Waals surface area contributed by atoms with Gasteiger partial charge in [0.05, 0.1) is 24.3 Å². The van der Waals surface area contributed by atoms with E-state index in [4.69, 9.17) is 4.74 Å². The predicted molar refractivity (Wildman–Crippen MR) is 109 cm³/mol. The molecule has 6 nitrogen and oxygen atoms in total. The SMILES string of the molecule is COc1ccc(CN(C)C(=O)CCCn2cnc3c(C)cccc3c2=O)cc1F. The van der Waals surface area contributed by atoms with Crippen molar-refractivity contribution in [3.8, 4) is 5.75 Å². The molecule has 0 radical (unpaired) electrons. The van der Waals surface area contributed by atoms with E-state index in [0.29, 0.717) is 36.0 Å². The Morgan fingerprint density at radius 1 is 1.28 bits per heavy atom. The maximum atomic E-state index is 13.8. The zero-order chi connectivity index (χ0) is 21.0. The molecule has 0 N–H and O–H groups in total. The molecule has 3 rings (SSSR count). The van der Waals surface area contributed by atoms with Crippen LogP contribution in [0.5, 0.6) is 5.75 Å². The van der Waals surface area contributed by atoms with Crippen molar-refractivity contribution in [3.63, 3.8) is 0 Å². The fraction of sp³-hybridized carbons (Fsp3) is 0.318. The average Bonchev–Trinajstić information content (AvgIpc) is 2.70. The number of aryl methyl sites for hydroxylation is 2. The average molecular weight is 397 g/mol. The van der Waals surface area contributed by atoms with Crippen LogP contribution < -0.4 is 10.3 Å². The third-order valence-corrected chi connectivity index (χ3v) is 4.91. The molecule has 0 bridgehead atoms. The summed E-state index contributed by atoms with van der Waals surface area (Å²) >= 11 is 0. The van der Waals surface area contributed by atoms with Gasteiger partial charge in [-0.1, -0.05) is 18.2 Å². The first kappa shape index (κ1) is 20.5. The number of benzene rings is 2. The highest BCUT2D eigenvalue weighted by Gasteiger charge is 2.12. The summed E-state index contributed by atoms with van der Waals surface area (Å²) in [6.45, 7) is 2.63. The van der Waals surface area contributed by atoms with E-state index < -0.39 is 5.82 Å². The number of nitrogens with zero attached hydrogens (tertiary/aromatic N) is 3. The number of rotatable bonds is 7. The Labute approximate surface area is 168 Å². The van der Waals surface area contributed by atoms with E-state index in [-0.39, 0.29) is 23.6 Å². The first-order valence-corrected chi connectivity index (χ1v) is 9.42. The molecule has 3 aromatic rings. The lowest BCUT2D eigenvalue weighted by Gasteiger charge is -2.18. The minimum atomic E-state index is -0.454. The normalized spacial score (nSPS) is 10.9. The molecule has 0 aliphatic carbocycles. The van der Waals surface area contributed by atoms with Gasteiger partial charge in [0.2, 0.25) is 5.91 Å². The van der Waals surface area contributed by atoms with Crippen molar-refractivity contribution in [2.24, 2.45) is 0 Å². The van der Waals surface area contributed by atoms with Gasteiger partial charge in [-0.2, -0.15) is 0 Å². The summed E-state index contributed by atoms with van der Waals surface area (Å²) in [6.07, 6.45) is 2.33. The van der Waals surface area contributed by atoms with E-state index in [2.05, 4.69) is 4.98 Å². The Hall–Kier alpha value is -3.22. The molecule has 1 aromatic heterocycles. The van der Waals surface area contributed by atoms with Crippen LogP contribution in [-0.2, 0) is 17.9 Å². The Kier molecular flexibility index (Phi) is 6.26. The van der Waals surface area contributed by atoms with E-state index in [1.807, 2.05) is 19.1 Å². The van der Waals surface area contributed by atoms with Crippen molar-refractivity contribution in [3.05, 3.63) is 70.0 Å².